The van der Waals surface area contributed by atoms with Crippen molar-refractivity contribution in [2.75, 3.05) is 0 Å². The molecule has 0 bridgehead atoms. The number of hydrogen-bond donors (Lipinski definition) is 0. The van der Waals surface area contributed by atoms with Crippen molar-refractivity contribution >= 4 is 0 Å². The van der Waals surface area contributed by atoms with Gasteiger partial charge in [0.05, 0.1) is 0 Å². The maximum Gasteiger partial charge on any atom is 1.00 e. The van der Waals surface area contributed by atoms with Crippen molar-refractivity contribution in [3.8, 4) is 0 Å². The van der Waals surface area contributed by atoms with E-state index in [1.807, 2.05) is 0 Å². The van der Waals surface area contributed by atoms with Gasteiger partial charge in [-0.05, 0) is 0 Å². The van der Waals surface area contributed by atoms with Gasteiger partial charge in [0.25, 0.3) is 0 Å². The SMILES string of the molecule is O=N[O-].[Cs+]. The first-order valence-corrected chi connectivity index (χ1v) is 0.365. The molecule has 0 spiro atoms. The van der Waals surface area contributed by atoms with E-state index in [0.717, 1.165) is 5.34 Å². The first kappa shape index (κ1) is 9.07. The van der Waals surface area contributed by atoms with Gasteiger partial charge < -0.3 is 10.1 Å². The summed E-state index contributed by atoms with van der Waals surface area (Å²) < 4.78 is 0. The van der Waals surface area contributed by atoms with Gasteiger partial charge in [0.1, 0.15) is 0 Å². The van der Waals surface area contributed by atoms with Crippen molar-refractivity contribution in [2.45, 2.75) is 0 Å². The Morgan fingerprint density at radius 2 is 1.75 bits per heavy atom. The van der Waals surface area contributed by atoms with Gasteiger partial charge in [0.15, 0.2) is 0 Å². The molecule has 0 N–H and O–H groups in total. The zero-order valence-electron chi connectivity index (χ0n) is 2.26. The summed E-state index contributed by atoms with van der Waals surface area (Å²) in [6, 6.07) is 0. The summed E-state index contributed by atoms with van der Waals surface area (Å²) in [5, 5.41) is 9.00. The topological polar surface area (TPSA) is 52.5 Å². The van der Waals surface area contributed by atoms with Gasteiger partial charge in [0, 0.05) is 0 Å². The van der Waals surface area contributed by atoms with E-state index in [1.54, 1.807) is 0 Å². The molecule has 0 rings (SSSR count). The van der Waals surface area contributed by atoms with Crippen molar-refractivity contribution in [3.05, 3.63) is 10.1 Å². The van der Waals surface area contributed by atoms with Crippen LogP contribution in [0.1, 0.15) is 0 Å². The van der Waals surface area contributed by atoms with E-state index < -0.39 is 0 Å². The molecule has 0 aromatic carbocycles. The van der Waals surface area contributed by atoms with Crippen molar-refractivity contribution < 1.29 is 68.9 Å². The number of hydrogen-bond acceptors (Lipinski definition) is 3. The van der Waals surface area contributed by atoms with Crippen LogP contribution in [0, 0.1) is 10.1 Å². The van der Waals surface area contributed by atoms with Crippen molar-refractivity contribution in [1.29, 1.82) is 0 Å². The molecule has 0 heterocycles. The van der Waals surface area contributed by atoms with Crippen LogP contribution in [-0.4, -0.2) is 0 Å². The summed E-state index contributed by atoms with van der Waals surface area (Å²) >= 11 is 0. The van der Waals surface area contributed by atoms with Crippen LogP contribution in [0.5, 0.6) is 0 Å². The van der Waals surface area contributed by atoms with E-state index in [9.17, 15) is 0 Å². The van der Waals surface area contributed by atoms with Crippen LogP contribution in [0.2, 0.25) is 0 Å². The molecular formula is CsNO2. The zero-order valence-corrected chi connectivity index (χ0v) is 8.54. The molecule has 0 unspecified atom stereocenters. The molecule has 0 saturated carbocycles. The summed E-state index contributed by atoms with van der Waals surface area (Å²) in [7, 11) is 0. The Morgan fingerprint density at radius 1 is 1.75 bits per heavy atom. The summed E-state index contributed by atoms with van der Waals surface area (Å²) in [5.41, 5.74) is 0. The first-order valence-electron chi connectivity index (χ1n) is 0.365. The van der Waals surface area contributed by atoms with Gasteiger partial charge >= 0.3 is 68.9 Å². The Morgan fingerprint density at radius 3 is 1.75 bits per heavy atom. The minimum atomic E-state index is 0. The van der Waals surface area contributed by atoms with E-state index in [-0.39, 0.29) is 68.9 Å². The molecule has 0 saturated heterocycles. The predicted molar refractivity (Wildman–Crippen MR) is 9.16 cm³/mol. The molecule has 0 aromatic rings. The van der Waals surface area contributed by atoms with Gasteiger partial charge in [-0.1, -0.05) is 0 Å². The van der Waals surface area contributed by atoms with Gasteiger partial charge in [-0.3, -0.25) is 0 Å². The van der Waals surface area contributed by atoms with E-state index in [1.165, 1.54) is 0 Å². The molecule has 0 atom stereocenters. The van der Waals surface area contributed by atoms with Gasteiger partial charge in [-0.25, -0.2) is 0 Å². The maximum absolute atomic E-state index is 8.00. The Labute approximate surface area is 82.1 Å². The molecule has 0 aromatic heterocycles. The van der Waals surface area contributed by atoms with Crippen LogP contribution in [0.3, 0.4) is 0 Å². The van der Waals surface area contributed by atoms with Gasteiger partial charge in [0.2, 0.25) is 0 Å². The monoisotopic (exact) mass is 179 g/mol. The second kappa shape index (κ2) is 8.82. The third-order valence-electron chi connectivity index (χ3n) is 0. The fraction of sp³-hybridized carbons (Fsp3) is 0. The quantitative estimate of drug-likeness (QED) is 0.299. The molecule has 3 nitrogen and oxygen atoms in total. The van der Waals surface area contributed by atoms with Gasteiger partial charge in [-0.2, -0.15) is 0 Å². The molecule has 4 heteroatoms. The first-order chi connectivity index (χ1) is 1.41. The summed E-state index contributed by atoms with van der Waals surface area (Å²) in [6.45, 7) is 0. The summed E-state index contributed by atoms with van der Waals surface area (Å²) in [5.74, 6) is 0. The largest absolute Gasteiger partial charge is 1.00 e. The molecule has 0 radical (unpaired) electrons. The fourth-order valence-corrected chi connectivity index (χ4v) is 0. The van der Waals surface area contributed by atoms with Crippen LogP contribution in [0.25, 0.3) is 0 Å². The van der Waals surface area contributed by atoms with Crippen molar-refractivity contribution in [2.24, 2.45) is 5.34 Å². The Kier molecular flexibility index (Phi) is 20.0. The van der Waals surface area contributed by atoms with E-state index in [0.29, 0.717) is 0 Å². The maximum atomic E-state index is 8.00. The van der Waals surface area contributed by atoms with Crippen LogP contribution in [0.4, 0.5) is 0 Å². The molecule has 0 aliphatic heterocycles. The standard InChI is InChI=1S/Cs.HNO2/c;2-1-3/h;(H,2,3)/q+1;/p-1. The van der Waals surface area contributed by atoms with Crippen molar-refractivity contribution in [1.82, 2.24) is 0 Å². The number of rotatable bonds is 0. The summed E-state index contributed by atoms with van der Waals surface area (Å²) in [4.78, 5) is 8.00. The van der Waals surface area contributed by atoms with Crippen LogP contribution in [-0.2, 0) is 0 Å². The molecule has 4 heavy (non-hydrogen) atoms. The van der Waals surface area contributed by atoms with Crippen LogP contribution < -0.4 is 68.9 Å². The van der Waals surface area contributed by atoms with E-state index in [2.05, 4.69) is 0 Å². The van der Waals surface area contributed by atoms with E-state index >= 15 is 0 Å². The third kappa shape index (κ3) is 9.84. The average molecular weight is 179 g/mol. The molecule has 0 fully saturated rings. The normalized spacial score (nSPS) is 3.00. The van der Waals surface area contributed by atoms with Crippen LogP contribution in [0.15, 0.2) is 5.34 Å². The summed E-state index contributed by atoms with van der Waals surface area (Å²) in [6.07, 6.45) is 0. The van der Waals surface area contributed by atoms with Gasteiger partial charge in [-0.15, -0.1) is 5.34 Å². The van der Waals surface area contributed by atoms with Crippen LogP contribution >= 0.6 is 0 Å². The minimum Gasteiger partial charge on any atom is -0.444 e. The Hall–Kier alpha value is 1.45. The molecule has 0 aliphatic carbocycles. The molecule has 18 valence electrons. The second-order valence-corrected chi connectivity index (χ2v) is 0.0745. The second-order valence-electron chi connectivity index (χ2n) is 0.0745. The molecule has 0 aliphatic rings. The van der Waals surface area contributed by atoms with E-state index in [4.69, 9.17) is 10.1 Å². The predicted octanol–water partition coefficient (Wildman–Crippen LogP) is -2.75. The third-order valence-corrected chi connectivity index (χ3v) is 0. The molecule has 0 amide bonds. The smallest absolute Gasteiger partial charge is 0.444 e. The fourth-order valence-electron chi connectivity index (χ4n) is 0. The average Bonchev–Trinajstić information content (AvgIpc) is 0.918. The molecular weight excluding hydrogens is 179 g/mol. The van der Waals surface area contributed by atoms with Crippen molar-refractivity contribution in [3.63, 3.8) is 0 Å². The minimum absolute atomic E-state index is 0. The Balaban J connectivity index is 0. The zero-order chi connectivity index (χ0) is 2.71. The Bertz CT molecular complexity index is 13.5. The number of nitrogens with zero attached hydrogens (tertiary/aromatic N) is 1.